The first-order chi connectivity index (χ1) is 17.7. The number of allylic oxidation sites excluding steroid dienone is 7. The van der Waals surface area contributed by atoms with Crippen LogP contribution in [0.25, 0.3) is 10.8 Å². The van der Waals surface area contributed by atoms with Crippen LogP contribution in [-0.2, 0) is 4.74 Å². The summed E-state index contributed by atoms with van der Waals surface area (Å²) in [6, 6.07) is 9.78. The number of aliphatic hydroxyl groups is 1. The number of thioether (sulfide) groups is 2. The lowest BCUT2D eigenvalue weighted by atomic mass is 9.93. The minimum absolute atomic E-state index is 0.181. The molecule has 0 radical (unpaired) electrons. The topological polar surface area (TPSA) is 29.5 Å². The Balaban J connectivity index is 1.15. The highest BCUT2D eigenvalue weighted by atomic mass is 32.2. The lowest BCUT2D eigenvalue weighted by molar-refractivity contribution is 0.142. The van der Waals surface area contributed by atoms with Crippen LogP contribution in [0.1, 0.15) is 63.9 Å². The fourth-order valence-electron chi connectivity index (χ4n) is 6.97. The molecule has 2 heterocycles. The van der Waals surface area contributed by atoms with Gasteiger partial charge < -0.3 is 9.84 Å². The van der Waals surface area contributed by atoms with E-state index in [-0.39, 0.29) is 12.7 Å². The average Bonchev–Trinajstić information content (AvgIpc) is 3.68. The van der Waals surface area contributed by atoms with Gasteiger partial charge in [-0.1, -0.05) is 66.8 Å². The normalized spacial score (nSPS) is 31.2. The molecule has 8 rings (SSSR count). The van der Waals surface area contributed by atoms with Crippen LogP contribution in [0.3, 0.4) is 0 Å². The molecule has 4 aliphatic carbocycles. The number of benzene rings is 2. The van der Waals surface area contributed by atoms with E-state index >= 15 is 0 Å². The lowest BCUT2D eigenvalue weighted by Gasteiger charge is -2.17. The average molecular weight is 509 g/mol. The highest BCUT2D eigenvalue weighted by Crippen LogP contribution is 2.66. The SMILES string of the molecule is COC1C=CC(C2=CC3c4ccc5c6c(ccc(c46)C3S2)C2SC(C3=CC=C(CO)CC3)=CC52)=CC1. The Morgan fingerprint density at radius 3 is 2.11 bits per heavy atom. The van der Waals surface area contributed by atoms with E-state index in [2.05, 4.69) is 90.3 Å². The van der Waals surface area contributed by atoms with Gasteiger partial charge in [-0.3, -0.25) is 0 Å². The van der Waals surface area contributed by atoms with E-state index in [1.165, 1.54) is 43.2 Å². The Labute approximate surface area is 220 Å². The van der Waals surface area contributed by atoms with Gasteiger partial charge in [0.15, 0.2) is 0 Å². The predicted octanol–water partition coefficient (Wildman–Crippen LogP) is 7.92. The molecule has 2 aromatic carbocycles. The van der Waals surface area contributed by atoms with Crippen LogP contribution >= 0.6 is 23.5 Å². The van der Waals surface area contributed by atoms with Crippen molar-refractivity contribution >= 4 is 34.3 Å². The highest BCUT2D eigenvalue weighted by molar-refractivity contribution is 8.04. The van der Waals surface area contributed by atoms with Crippen molar-refractivity contribution in [2.75, 3.05) is 13.7 Å². The van der Waals surface area contributed by atoms with E-state index in [0.29, 0.717) is 22.3 Å². The van der Waals surface area contributed by atoms with Gasteiger partial charge >= 0.3 is 0 Å². The third-order valence-electron chi connectivity index (χ3n) is 8.85. The molecule has 0 bridgehead atoms. The van der Waals surface area contributed by atoms with E-state index in [0.717, 1.165) is 24.8 Å². The number of methoxy groups -OCH3 is 1. The van der Waals surface area contributed by atoms with Crippen molar-refractivity contribution < 1.29 is 9.84 Å². The van der Waals surface area contributed by atoms with E-state index in [4.69, 9.17) is 4.74 Å². The number of fused-ring (bicyclic) bond motifs is 6. The Hall–Kier alpha value is -2.24. The third-order valence-corrected chi connectivity index (χ3v) is 11.7. The highest BCUT2D eigenvalue weighted by Gasteiger charge is 2.45. The summed E-state index contributed by atoms with van der Waals surface area (Å²) in [7, 11) is 1.79. The van der Waals surface area contributed by atoms with Crippen LogP contribution in [0.15, 0.2) is 93.3 Å². The lowest BCUT2D eigenvalue weighted by Crippen LogP contribution is -2.08. The molecule has 0 fully saturated rings. The van der Waals surface area contributed by atoms with E-state index in [1.807, 2.05) is 0 Å². The van der Waals surface area contributed by atoms with Crippen molar-refractivity contribution in [1.29, 1.82) is 0 Å². The molecule has 0 saturated heterocycles. The van der Waals surface area contributed by atoms with E-state index < -0.39 is 0 Å². The van der Waals surface area contributed by atoms with Gasteiger partial charge in [0.1, 0.15) is 0 Å². The summed E-state index contributed by atoms with van der Waals surface area (Å²) >= 11 is 4.11. The summed E-state index contributed by atoms with van der Waals surface area (Å²) in [5.74, 6) is 0.941. The number of ether oxygens (including phenoxy) is 1. The van der Waals surface area contributed by atoms with Crippen LogP contribution < -0.4 is 0 Å². The minimum atomic E-state index is 0.181. The summed E-state index contributed by atoms with van der Waals surface area (Å²) in [5.41, 5.74) is 10.1. The van der Waals surface area contributed by atoms with Gasteiger partial charge in [-0.15, -0.1) is 23.5 Å². The zero-order valence-electron chi connectivity index (χ0n) is 20.2. The Kier molecular flexibility index (Phi) is 4.92. The third kappa shape index (κ3) is 3.02. The van der Waals surface area contributed by atoms with Gasteiger partial charge in [0.05, 0.1) is 12.7 Å². The molecule has 2 aliphatic heterocycles. The quantitative estimate of drug-likeness (QED) is 0.454. The smallest absolute Gasteiger partial charge is 0.0790 e. The first kappa shape index (κ1) is 21.8. The molecule has 5 atom stereocenters. The Morgan fingerprint density at radius 1 is 0.861 bits per heavy atom. The number of aliphatic hydroxyl groups excluding tert-OH is 1. The van der Waals surface area contributed by atoms with Crippen LogP contribution in [0.4, 0.5) is 0 Å². The second-order valence-corrected chi connectivity index (χ2v) is 13.0. The van der Waals surface area contributed by atoms with Crippen LogP contribution in [0.5, 0.6) is 0 Å². The molecular weight excluding hydrogens is 480 g/mol. The summed E-state index contributed by atoms with van der Waals surface area (Å²) in [5, 5.41) is 13.5. The first-order valence-corrected chi connectivity index (χ1v) is 14.8. The van der Waals surface area contributed by atoms with Crippen molar-refractivity contribution in [3.63, 3.8) is 0 Å². The van der Waals surface area contributed by atoms with Gasteiger partial charge in [-0.05, 0) is 69.0 Å². The standard InChI is InChI=1S/C32H28O2S2/c1-34-20-8-6-19(7-9-20)28-15-26-22-11-10-21-25-14-27(18-4-2-17(16-33)3-5-18)35-31(25)23-12-13-24(32(26)36-28)30(22)29(21)23/h2,4,6-8,10-15,20,25-26,31-33H,3,5,9,16H2,1H3. The maximum atomic E-state index is 9.44. The van der Waals surface area contributed by atoms with Gasteiger partial charge in [0.25, 0.3) is 0 Å². The van der Waals surface area contributed by atoms with E-state index in [9.17, 15) is 5.11 Å². The largest absolute Gasteiger partial charge is 0.392 e. The minimum Gasteiger partial charge on any atom is -0.392 e. The van der Waals surface area contributed by atoms with Gasteiger partial charge in [0, 0.05) is 39.3 Å². The molecule has 0 saturated carbocycles. The molecule has 6 aliphatic rings. The molecule has 0 spiro atoms. The van der Waals surface area contributed by atoms with E-state index in [1.54, 1.807) is 17.9 Å². The van der Waals surface area contributed by atoms with Gasteiger partial charge in [-0.2, -0.15) is 0 Å². The Bertz CT molecular complexity index is 1520. The summed E-state index contributed by atoms with van der Waals surface area (Å²) in [6.45, 7) is 0.181. The van der Waals surface area contributed by atoms with Gasteiger partial charge in [-0.25, -0.2) is 0 Å². The predicted molar refractivity (Wildman–Crippen MR) is 151 cm³/mol. The van der Waals surface area contributed by atoms with Crippen molar-refractivity contribution in [1.82, 2.24) is 0 Å². The molecule has 2 nitrogen and oxygen atoms in total. The van der Waals surface area contributed by atoms with Crippen molar-refractivity contribution in [2.24, 2.45) is 0 Å². The second kappa shape index (κ2) is 8.13. The summed E-state index contributed by atoms with van der Waals surface area (Å²) in [6.07, 6.45) is 19.4. The molecular formula is C32H28O2S2. The van der Waals surface area contributed by atoms with Crippen molar-refractivity contribution in [3.05, 3.63) is 116 Å². The maximum absolute atomic E-state index is 9.44. The van der Waals surface area contributed by atoms with Crippen molar-refractivity contribution in [3.8, 4) is 0 Å². The zero-order valence-corrected chi connectivity index (χ0v) is 21.9. The monoisotopic (exact) mass is 508 g/mol. The number of hydrogen-bond acceptors (Lipinski definition) is 4. The second-order valence-electron chi connectivity index (χ2n) is 10.6. The van der Waals surface area contributed by atoms with Crippen LogP contribution in [-0.4, -0.2) is 24.9 Å². The molecule has 0 amide bonds. The maximum Gasteiger partial charge on any atom is 0.0790 e. The molecule has 180 valence electrons. The van der Waals surface area contributed by atoms with Gasteiger partial charge in [0.2, 0.25) is 0 Å². The fourth-order valence-corrected chi connectivity index (χ4v) is 9.97. The molecule has 4 heteroatoms. The van der Waals surface area contributed by atoms with Crippen molar-refractivity contribution in [2.45, 2.75) is 47.7 Å². The molecule has 1 N–H and O–H groups in total. The molecule has 36 heavy (non-hydrogen) atoms. The first-order valence-electron chi connectivity index (χ1n) is 13.0. The molecule has 0 aromatic heterocycles. The zero-order chi connectivity index (χ0) is 24.0. The molecule has 2 aromatic rings. The van der Waals surface area contributed by atoms with Crippen LogP contribution in [0.2, 0.25) is 0 Å². The summed E-state index contributed by atoms with van der Waals surface area (Å²) in [4.78, 5) is 2.88. The molecule has 5 unspecified atom stereocenters. The summed E-state index contributed by atoms with van der Waals surface area (Å²) < 4.78 is 5.49. The van der Waals surface area contributed by atoms with Crippen LogP contribution in [0, 0.1) is 0 Å². The number of hydrogen-bond donors (Lipinski definition) is 1. The number of rotatable bonds is 4. The Morgan fingerprint density at radius 2 is 1.53 bits per heavy atom. The fraction of sp³-hybridized carbons (Fsp3) is 0.312.